The summed E-state index contributed by atoms with van der Waals surface area (Å²) in [6.07, 6.45) is 4.30. The topological polar surface area (TPSA) is 91.3 Å². The molecule has 1 N–H and O–H groups in total. The highest BCUT2D eigenvalue weighted by Gasteiger charge is 2.77. The Balaban J connectivity index is 1.49. The Labute approximate surface area is 242 Å². The van der Waals surface area contributed by atoms with Gasteiger partial charge in [-0.3, -0.25) is 4.79 Å². The molecule has 7 heteroatoms. The van der Waals surface area contributed by atoms with Crippen molar-refractivity contribution in [3.05, 3.63) is 65.3 Å². The van der Waals surface area contributed by atoms with E-state index in [4.69, 9.17) is 18.9 Å². The van der Waals surface area contributed by atoms with E-state index in [9.17, 15) is 14.7 Å². The van der Waals surface area contributed by atoms with Gasteiger partial charge in [-0.2, -0.15) is 0 Å². The van der Waals surface area contributed by atoms with Gasteiger partial charge in [-0.15, -0.1) is 0 Å². The SMILES string of the molecule is C=CCOc1cccc(C)c1C(=O)O[C@H]1C(C)=C[C@@]23C(=O)[C@@H](C=C4COC(C)(C)O[C@H]4[C@]12O)[C@H]1[C@@H](C[C@H]3C)C1(C)C. The van der Waals surface area contributed by atoms with Crippen molar-refractivity contribution in [2.45, 2.75) is 78.5 Å². The molecule has 1 spiro atoms. The van der Waals surface area contributed by atoms with Crippen LogP contribution >= 0.6 is 0 Å². The Morgan fingerprint density at radius 3 is 2.66 bits per heavy atom. The molecule has 0 aromatic heterocycles. The van der Waals surface area contributed by atoms with Gasteiger partial charge in [-0.05, 0) is 80.1 Å². The van der Waals surface area contributed by atoms with Crippen LogP contribution in [0, 0.1) is 41.4 Å². The fourth-order valence-electron chi connectivity index (χ4n) is 8.64. The highest BCUT2D eigenvalue weighted by Crippen LogP contribution is 2.72. The summed E-state index contributed by atoms with van der Waals surface area (Å²) >= 11 is 0. The lowest BCUT2D eigenvalue weighted by atomic mass is 9.59. The van der Waals surface area contributed by atoms with E-state index in [1.165, 1.54) is 0 Å². The number of benzene rings is 1. The molecule has 4 aliphatic carbocycles. The lowest BCUT2D eigenvalue weighted by Crippen LogP contribution is -2.68. The third kappa shape index (κ3) is 3.81. The number of hydrogen-bond acceptors (Lipinski definition) is 7. The number of aryl methyl sites for hydroxylation is 1. The van der Waals surface area contributed by atoms with Crippen molar-refractivity contribution in [2.75, 3.05) is 13.2 Å². The van der Waals surface area contributed by atoms with Crippen LogP contribution in [0.2, 0.25) is 0 Å². The standard InChI is InChI=1S/C34H42O7/c1-9-13-38-24-12-10-11-18(2)25(24)30(36)40-28-19(3)16-33-20(4)14-23-26(31(23,5)6)22(27(33)35)15-21-17-39-32(7,8)41-29(21)34(28,33)37/h9-12,15-16,20,22-23,26,28-29,37H,1,13-14,17H2,2-8H3/t20-,22+,23-,26+,28+,29-,33-,34-/m1/s1. The summed E-state index contributed by atoms with van der Waals surface area (Å²) in [7, 11) is 0. The number of ether oxygens (including phenoxy) is 4. The molecule has 0 radical (unpaired) electrons. The Kier molecular flexibility index (Phi) is 6.32. The Bertz CT molecular complexity index is 1390. The van der Waals surface area contributed by atoms with Crippen LogP contribution in [0.3, 0.4) is 0 Å². The molecule has 7 nitrogen and oxygen atoms in total. The summed E-state index contributed by atoms with van der Waals surface area (Å²) in [5.41, 5.74) is -0.786. The minimum atomic E-state index is -1.86. The fraction of sp³-hybridized carbons (Fsp3) is 0.588. The fourth-order valence-corrected chi connectivity index (χ4v) is 8.64. The number of aliphatic hydroxyl groups is 1. The molecule has 1 aromatic rings. The molecule has 220 valence electrons. The molecule has 0 unspecified atom stereocenters. The molecule has 2 bridgehead atoms. The van der Waals surface area contributed by atoms with Gasteiger partial charge in [-0.25, -0.2) is 4.79 Å². The van der Waals surface area contributed by atoms with Crippen LogP contribution in [-0.4, -0.2) is 53.7 Å². The number of ketones is 1. The second kappa shape index (κ2) is 9.13. The van der Waals surface area contributed by atoms with Crippen LogP contribution in [0.25, 0.3) is 0 Å². The monoisotopic (exact) mass is 562 g/mol. The largest absolute Gasteiger partial charge is 0.489 e. The van der Waals surface area contributed by atoms with Crippen molar-refractivity contribution in [1.29, 1.82) is 0 Å². The smallest absolute Gasteiger partial charge is 0.342 e. The molecule has 2 saturated carbocycles. The third-order valence-corrected chi connectivity index (χ3v) is 10.7. The number of fused-ring (bicyclic) bond motifs is 5. The molecule has 8 atom stereocenters. The predicted molar refractivity (Wildman–Crippen MR) is 153 cm³/mol. The summed E-state index contributed by atoms with van der Waals surface area (Å²) in [4.78, 5) is 28.8. The number of carbonyl (C=O) groups excluding carboxylic acids is 2. The van der Waals surface area contributed by atoms with Gasteiger partial charge in [0, 0.05) is 5.92 Å². The average Bonchev–Trinajstić information content (AvgIpc) is 3.39. The summed E-state index contributed by atoms with van der Waals surface area (Å²) in [5.74, 6) is -1.32. The van der Waals surface area contributed by atoms with E-state index < -0.39 is 35.0 Å². The highest BCUT2D eigenvalue weighted by atomic mass is 16.7. The lowest BCUT2D eigenvalue weighted by Gasteiger charge is -2.52. The van der Waals surface area contributed by atoms with E-state index >= 15 is 0 Å². The zero-order valence-electron chi connectivity index (χ0n) is 25.2. The first-order valence-electron chi connectivity index (χ1n) is 14.7. The van der Waals surface area contributed by atoms with Crippen molar-refractivity contribution in [3.8, 4) is 5.75 Å². The predicted octanol–water partition coefficient (Wildman–Crippen LogP) is 5.35. The van der Waals surface area contributed by atoms with E-state index in [2.05, 4.69) is 27.4 Å². The van der Waals surface area contributed by atoms with Gasteiger partial charge in [0.1, 0.15) is 24.0 Å². The van der Waals surface area contributed by atoms with Crippen molar-refractivity contribution < 1.29 is 33.6 Å². The molecule has 0 amide bonds. The van der Waals surface area contributed by atoms with Crippen LogP contribution < -0.4 is 4.74 Å². The maximum atomic E-state index is 14.9. The molecular formula is C34H42O7. The number of esters is 1. The van der Waals surface area contributed by atoms with Crippen molar-refractivity contribution in [2.24, 2.45) is 34.5 Å². The number of Topliss-reactive ketones (excluding diaryl/α,β-unsaturated/α-hetero) is 1. The van der Waals surface area contributed by atoms with Gasteiger partial charge in [-0.1, -0.05) is 57.7 Å². The third-order valence-electron chi connectivity index (χ3n) is 10.7. The summed E-state index contributed by atoms with van der Waals surface area (Å²) in [6, 6.07) is 5.34. The molecule has 1 aliphatic heterocycles. The van der Waals surface area contributed by atoms with Crippen LogP contribution in [-0.2, 0) is 19.0 Å². The molecule has 41 heavy (non-hydrogen) atoms. The quantitative estimate of drug-likeness (QED) is 0.382. The average molecular weight is 563 g/mol. The van der Waals surface area contributed by atoms with Gasteiger partial charge >= 0.3 is 5.97 Å². The molecule has 1 saturated heterocycles. The minimum Gasteiger partial charge on any atom is -0.489 e. The van der Waals surface area contributed by atoms with Gasteiger partial charge in [0.2, 0.25) is 0 Å². The van der Waals surface area contributed by atoms with Crippen LogP contribution in [0.4, 0.5) is 0 Å². The summed E-state index contributed by atoms with van der Waals surface area (Å²) in [5, 5.41) is 13.2. The Morgan fingerprint density at radius 2 is 1.95 bits per heavy atom. The molecular weight excluding hydrogens is 520 g/mol. The first kappa shape index (κ1) is 28.4. The maximum absolute atomic E-state index is 14.9. The highest BCUT2D eigenvalue weighted by molar-refractivity contribution is 5.97. The van der Waals surface area contributed by atoms with E-state index in [0.717, 1.165) is 12.0 Å². The van der Waals surface area contributed by atoms with E-state index in [-0.39, 0.29) is 47.7 Å². The molecule has 6 rings (SSSR count). The molecule has 1 heterocycles. The molecule has 3 fully saturated rings. The van der Waals surface area contributed by atoms with Gasteiger partial charge in [0.25, 0.3) is 0 Å². The zero-order valence-corrected chi connectivity index (χ0v) is 25.2. The summed E-state index contributed by atoms with van der Waals surface area (Å²) in [6.45, 7) is 18.0. The van der Waals surface area contributed by atoms with Gasteiger partial charge < -0.3 is 24.1 Å². The molecule has 5 aliphatic rings. The van der Waals surface area contributed by atoms with Gasteiger partial charge in [0.15, 0.2) is 23.3 Å². The minimum absolute atomic E-state index is 0.0160. The van der Waals surface area contributed by atoms with E-state index in [1.807, 2.05) is 38.1 Å². The maximum Gasteiger partial charge on any atom is 0.342 e. The summed E-state index contributed by atoms with van der Waals surface area (Å²) < 4.78 is 24.7. The van der Waals surface area contributed by atoms with Gasteiger partial charge in [0.05, 0.1) is 12.0 Å². The number of rotatable bonds is 5. The Hall–Kier alpha value is -2.74. The second-order valence-electron chi connectivity index (χ2n) is 13.8. The number of hydrogen-bond donors (Lipinski definition) is 1. The van der Waals surface area contributed by atoms with E-state index in [0.29, 0.717) is 22.8 Å². The van der Waals surface area contributed by atoms with E-state index in [1.54, 1.807) is 26.0 Å². The second-order valence-corrected chi connectivity index (χ2v) is 13.8. The Morgan fingerprint density at radius 1 is 1.22 bits per heavy atom. The molecule has 1 aromatic carbocycles. The van der Waals surface area contributed by atoms with Crippen LogP contribution in [0.1, 0.15) is 63.9 Å². The van der Waals surface area contributed by atoms with Crippen molar-refractivity contribution >= 4 is 11.8 Å². The first-order chi connectivity index (χ1) is 19.2. The van der Waals surface area contributed by atoms with Crippen molar-refractivity contribution in [3.63, 3.8) is 0 Å². The van der Waals surface area contributed by atoms with Crippen molar-refractivity contribution in [1.82, 2.24) is 0 Å². The number of allylic oxidation sites excluding steroid dienone is 1. The zero-order chi connectivity index (χ0) is 29.7. The first-order valence-corrected chi connectivity index (χ1v) is 14.7. The normalized spacial score (nSPS) is 39.6. The van der Waals surface area contributed by atoms with Crippen LogP contribution in [0.5, 0.6) is 5.75 Å². The number of carbonyl (C=O) groups is 2. The lowest BCUT2D eigenvalue weighted by molar-refractivity contribution is -0.302. The van der Waals surface area contributed by atoms with Crippen LogP contribution in [0.15, 0.2) is 54.2 Å².